The number of hydrogen-bond acceptors (Lipinski definition) is 5. The Hall–Kier alpha value is -2.09. The molecule has 1 aliphatic heterocycles. The summed E-state index contributed by atoms with van der Waals surface area (Å²) in [6.45, 7) is 2.92. The van der Waals surface area contributed by atoms with Crippen LogP contribution < -0.4 is 4.74 Å². The molecule has 6 nitrogen and oxygen atoms in total. The van der Waals surface area contributed by atoms with E-state index in [1.54, 1.807) is 0 Å². The Morgan fingerprint density at radius 3 is 2.63 bits per heavy atom. The van der Waals surface area contributed by atoms with Crippen LogP contribution in [0.1, 0.15) is 30.6 Å². The van der Waals surface area contributed by atoms with E-state index in [4.69, 9.17) is 21.1 Å². The van der Waals surface area contributed by atoms with E-state index in [2.05, 4.69) is 0 Å². The topological polar surface area (TPSA) is 84.1 Å². The van der Waals surface area contributed by atoms with Crippen molar-refractivity contribution in [3.8, 4) is 5.75 Å². The van der Waals surface area contributed by atoms with Gasteiger partial charge in [0.15, 0.2) is 0 Å². The van der Waals surface area contributed by atoms with Crippen molar-refractivity contribution in [2.24, 2.45) is 0 Å². The van der Waals surface area contributed by atoms with E-state index < -0.39 is 24.4 Å². The minimum Gasteiger partial charge on any atom is -0.494 e. The van der Waals surface area contributed by atoms with Crippen molar-refractivity contribution in [1.29, 1.82) is 0 Å². The van der Waals surface area contributed by atoms with Crippen LogP contribution in [0.4, 0.5) is 0 Å². The maximum absolute atomic E-state index is 10.6. The van der Waals surface area contributed by atoms with Crippen LogP contribution in [0.3, 0.4) is 0 Å². The first-order valence-electron chi connectivity index (χ1n) is 10.1. The maximum Gasteiger partial charge on any atom is 0.119 e. The second kappa shape index (κ2) is 8.96. The molecular weight excluding hydrogens is 406 g/mol. The van der Waals surface area contributed by atoms with Crippen molar-refractivity contribution < 1.29 is 24.8 Å². The predicted octanol–water partition coefficient (Wildman–Crippen LogP) is 3.29. The lowest BCUT2D eigenvalue weighted by molar-refractivity contribution is -0.179. The van der Waals surface area contributed by atoms with Crippen molar-refractivity contribution in [2.75, 3.05) is 13.2 Å². The van der Waals surface area contributed by atoms with Gasteiger partial charge in [-0.3, -0.25) is 0 Å². The number of halogens is 1. The van der Waals surface area contributed by atoms with Crippen LogP contribution in [-0.2, 0) is 11.3 Å². The number of aliphatic hydroxyl groups is 3. The van der Waals surface area contributed by atoms with Crippen LogP contribution >= 0.6 is 11.6 Å². The van der Waals surface area contributed by atoms with Crippen LogP contribution in [0.5, 0.6) is 5.75 Å². The molecule has 2 aromatic carbocycles. The fourth-order valence-electron chi connectivity index (χ4n) is 4.08. The molecule has 1 saturated heterocycles. The third kappa shape index (κ3) is 4.06. The molecule has 1 aromatic heterocycles. The highest BCUT2D eigenvalue weighted by Gasteiger charge is 2.38. The summed E-state index contributed by atoms with van der Waals surface area (Å²) >= 11 is 6.53. The number of aromatic nitrogens is 1. The van der Waals surface area contributed by atoms with Gasteiger partial charge in [-0.15, -0.1) is 0 Å². The van der Waals surface area contributed by atoms with Gasteiger partial charge in [-0.1, -0.05) is 35.9 Å². The van der Waals surface area contributed by atoms with Crippen molar-refractivity contribution in [3.05, 3.63) is 64.8 Å². The fourth-order valence-corrected chi connectivity index (χ4v) is 4.36. The molecule has 4 rings (SSSR count). The molecule has 0 radical (unpaired) electrons. The lowest BCUT2D eigenvalue weighted by Gasteiger charge is -2.36. The average Bonchev–Trinajstić information content (AvgIpc) is 3.11. The SMILES string of the molecule is CCOc1ccc(Cn2cc([C@@H]3O[C@H](CO)C[C@H](O)[C@@H]3O)c3cccc(Cl)c32)cc1. The summed E-state index contributed by atoms with van der Waals surface area (Å²) in [5, 5.41) is 31.8. The summed E-state index contributed by atoms with van der Waals surface area (Å²) in [5.74, 6) is 0.820. The third-order valence-corrected chi connectivity index (χ3v) is 5.83. The highest BCUT2D eigenvalue weighted by molar-refractivity contribution is 6.35. The van der Waals surface area contributed by atoms with E-state index in [0.29, 0.717) is 18.2 Å². The summed E-state index contributed by atoms with van der Waals surface area (Å²) in [5.41, 5.74) is 2.64. The van der Waals surface area contributed by atoms with Gasteiger partial charge in [0.1, 0.15) is 18.0 Å². The Labute approximate surface area is 180 Å². The lowest BCUT2D eigenvalue weighted by Crippen LogP contribution is -2.44. The Balaban J connectivity index is 1.73. The molecule has 1 fully saturated rings. The molecule has 160 valence electrons. The number of ether oxygens (including phenoxy) is 2. The van der Waals surface area contributed by atoms with Crippen molar-refractivity contribution in [2.45, 2.75) is 44.3 Å². The van der Waals surface area contributed by atoms with Gasteiger partial charge in [0.25, 0.3) is 0 Å². The minimum absolute atomic E-state index is 0.194. The van der Waals surface area contributed by atoms with E-state index in [1.807, 2.05) is 60.2 Å². The van der Waals surface area contributed by atoms with Crippen LogP contribution in [0.25, 0.3) is 10.9 Å². The number of hydrogen-bond donors (Lipinski definition) is 3. The second-order valence-electron chi connectivity index (χ2n) is 7.58. The lowest BCUT2D eigenvalue weighted by atomic mass is 9.93. The average molecular weight is 432 g/mol. The van der Waals surface area contributed by atoms with E-state index in [9.17, 15) is 15.3 Å². The largest absolute Gasteiger partial charge is 0.494 e. The molecule has 2 heterocycles. The van der Waals surface area contributed by atoms with Crippen molar-refractivity contribution in [1.82, 2.24) is 4.57 Å². The third-order valence-electron chi connectivity index (χ3n) is 5.53. The highest BCUT2D eigenvalue weighted by atomic mass is 35.5. The zero-order valence-corrected chi connectivity index (χ0v) is 17.5. The Bertz CT molecular complexity index is 1000. The molecule has 0 saturated carbocycles. The summed E-state index contributed by atoms with van der Waals surface area (Å²) < 4.78 is 13.5. The smallest absolute Gasteiger partial charge is 0.119 e. The molecular formula is C23H26ClNO5. The normalized spacial score (nSPS) is 24.3. The van der Waals surface area contributed by atoms with Gasteiger partial charge in [0.2, 0.25) is 0 Å². The van der Waals surface area contributed by atoms with Crippen LogP contribution in [0.2, 0.25) is 5.02 Å². The van der Waals surface area contributed by atoms with E-state index in [0.717, 1.165) is 27.8 Å². The maximum atomic E-state index is 10.6. The second-order valence-corrected chi connectivity index (χ2v) is 7.99. The van der Waals surface area contributed by atoms with E-state index in [-0.39, 0.29) is 13.0 Å². The Morgan fingerprint density at radius 1 is 1.17 bits per heavy atom. The number of rotatable bonds is 6. The first kappa shape index (κ1) is 21.2. The quantitative estimate of drug-likeness (QED) is 0.557. The molecule has 0 aliphatic carbocycles. The summed E-state index contributed by atoms with van der Waals surface area (Å²) in [7, 11) is 0. The van der Waals surface area contributed by atoms with Crippen molar-refractivity contribution in [3.63, 3.8) is 0 Å². The molecule has 4 atom stereocenters. The molecule has 30 heavy (non-hydrogen) atoms. The number of aliphatic hydroxyl groups excluding tert-OH is 3. The molecule has 0 bridgehead atoms. The summed E-state index contributed by atoms with van der Waals surface area (Å²) in [6, 6.07) is 13.5. The van der Waals surface area contributed by atoms with E-state index in [1.165, 1.54) is 0 Å². The first-order valence-corrected chi connectivity index (χ1v) is 10.5. The van der Waals surface area contributed by atoms with Crippen molar-refractivity contribution >= 4 is 22.5 Å². The Kier molecular flexibility index (Phi) is 6.32. The van der Waals surface area contributed by atoms with Gasteiger partial charge in [0, 0.05) is 30.1 Å². The van der Waals surface area contributed by atoms with Gasteiger partial charge in [-0.25, -0.2) is 0 Å². The molecule has 0 amide bonds. The number of benzene rings is 2. The molecule has 1 aliphatic rings. The van der Waals surface area contributed by atoms with Gasteiger partial charge in [-0.05, 0) is 30.7 Å². The monoisotopic (exact) mass is 431 g/mol. The van der Waals surface area contributed by atoms with Crippen LogP contribution in [-0.4, -0.2) is 51.4 Å². The molecule has 3 N–H and O–H groups in total. The molecule has 3 aromatic rings. The standard InChI is InChI=1S/C23H26ClNO5/c1-2-29-15-8-6-14(7-9-15)11-25-12-18(17-4-3-5-19(24)21(17)25)23-22(28)20(27)10-16(13-26)30-23/h3-9,12,16,20,22-23,26-28H,2,10-11,13H2,1H3/t16-,20-,22-,23-/m0/s1. The summed E-state index contributed by atoms with van der Waals surface area (Å²) in [6.07, 6.45) is -1.24. The molecule has 0 spiro atoms. The van der Waals surface area contributed by atoms with Crippen LogP contribution in [0, 0.1) is 0 Å². The van der Waals surface area contributed by atoms with Gasteiger partial charge in [-0.2, -0.15) is 0 Å². The van der Waals surface area contributed by atoms with Crippen LogP contribution in [0.15, 0.2) is 48.7 Å². The van der Waals surface area contributed by atoms with Gasteiger partial charge >= 0.3 is 0 Å². The zero-order valence-electron chi connectivity index (χ0n) is 16.7. The summed E-state index contributed by atoms with van der Waals surface area (Å²) in [4.78, 5) is 0. The fraction of sp³-hybridized carbons (Fsp3) is 0.391. The minimum atomic E-state index is -1.09. The predicted molar refractivity (Wildman–Crippen MR) is 115 cm³/mol. The highest BCUT2D eigenvalue weighted by Crippen LogP contribution is 2.38. The van der Waals surface area contributed by atoms with Gasteiger partial charge in [0.05, 0.1) is 36.0 Å². The zero-order chi connectivity index (χ0) is 21.3. The molecule has 0 unspecified atom stereocenters. The first-order chi connectivity index (χ1) is 14.5. The molecule has 7 heteroatoms. The van der Waals surface area contributed by atoms with Gasteiger partial charge < -0.3 is 29.4 Å². The number of fused-ring (bicyclic) bond motifs is 1. The number of para-hydroxylation sites is 1. The Morgan fingerprint density at radius 2 is 1.93 bits per heavy atom. The van der Waals surface area contributed by atoms with E-state index >= 15 is 0 Å². The number of nitrogens with zero attached hydrogens (tertiary/aromatic N) is 1.